The molecule has 0 aromatic heterocycles. The van der Waals surface area contributed by atoms with E-state index in [9.17, 15) is 4.79 Å². The van der Waals surface area contributed by atoms with Crippen molar-refractivity contribution in [3.05, 3.63) is 5.70 Å². The maximum Gasteiger partial charge on any atom is 0.145 e. The fraction of sp³-hybridized carbons (Fsp3) is 0.714. The summed E-state index contributed by atoms with van der Waals surface area (Å²) < 4.78 is 0. The second-order valence-electron chi connectivity index (χ2n) is 3.09. The van der Waals surface area contributed by atoms with Gasteiger partial charge in [-0.1, -0.05) is 0 Å². The summed E-state index contributed by atoms with van der Waals surface area (Å²) in [4.78, 5) is 10.1. The minimum absolute atomic E-state index is 0.118. The fourth-order valence-electron chi connectivity index (χ4n) is 1.05. The number of carbonyl (C=O) groups excluding carboxylic acids is 1. The Labute approximate surface area is 54.9 Å². The molecule has 2 heteroatoms. The van der Waals surface area contributed by atoms with Gasteiger partial charge in [-0.3, -0.25) is 0 Å². The first-order chi connectivity index (χ1) is 4.14. The van der Waals surface area contributed by atoms with E-state index in [1.54, 1.807) is 0 Å². The number of hydrogen-bond donors (Lipinski definition) is 1. The van der Waals surface area contributed by atoms with Crippen LogP contribution in [0, 0.1) is 0 Å². The quantitative estimate of drug-likeness (QED) is 0.486. The van der Waals surface area contributed by atoms with Crippen LogP contribution in [0.1, 0.15) is 26.7 Å². The number of rotatable bonds is 0. The molecule has 9 heavy (non-hydrogen) atoms. The first-order valence-corrected chi connectivity index (χ1v) is 3.16. The summed E-state index contributed by atoms with van der Waals surface area (Å²) in [7, 11) is 0. The van der Waals surface area contributed by atoms with Crippen LogP contribution in [-0.2, 0) is 4.79 Å². The van der Waals surface area contributed by atoms with Gasteiger partial charge in [0.1, 0.15) is 5.94 Å². The third kappa shape index (κ3) is 1.33. The molecule has 2 nitrogen and oxygen atoms in total. The average molecular weight is 125 g/mol. The Morgan fingerprint density at radius 3 is 2.56 bits per heavy atom. The van der Waals surface area contributed by atoms with Crippen LogP contribution in [0.2, 0.25) is 0 Å². The average Bonchev–Trinajstić information content (AvgIpc) is 2.10. The molecule has 0 aromatic carbocycles. The first kappa shape index (κ1) is 6.37. The van der Waals surface area contributed by atoms with Crippen LogP contribution in [0.15, 0.2) is 5.70 Å². The van der Waals surface area contributed by atoms with Gasteiger partial charge in [0, 0.05) is 12.0 Å². The van der Waals surface area contributed by atoms with E-state index in [2.05, 4.69) is 19.2 Å². The van der Waals surface area contributed by atoms with Gasteiger partial charge in [0.25, 0.3) is 0 Å². The van der Waals surface area contributed by atoms with E-state index in [-0.39, 0.29) is 5.54 Å². The van der Waals surface area contributed by atoms with E-state index in [0.29, 0.717) is 0 Å². The Morgan fingerprint density at radius 1 is 1.67 bits per heavy atom. The minimum atomic E-state index is 0.118. The lowest BCUT2D eigenvalue weighted by atomic mass is 10.0. The zero-order valence-corrected chi connectivity index (χ0v) is 5.82. The zero-order valence-electron chi connectivity index (χ0n) is 5.82. The van der Waals surface area contributed by atoms with Crippen molar-refractivity contribution in [2.75, 3.05) is 0 Å². The predicted octanol–water partition coefficient (Wildman–Crippen LogP) is 0.864. The highest BCUT2D eigenvalue weighted by molar-refractivity contribution is 5.52. The monoisotopic (exact) mass is 125 g/mol. The highest BCUT2D eigenvalue weighted by atomic mass is 16.1. The summed E-state index contributed by atoms with van der Waals surface area (Å²) >= 11 is 0. The van der Waals surface area contributed by atoms with E-state index >= 15 is 0 Å². The number of allylic oxidation sites excluding steroid dienone is 1. The molecule has 0 unspecified atom stereocenters. The lowest BCUT2D eigenvalue weighted by Crippen LogP contribution is -2.31. The summed E-state index contributed by atoms with van der Waals surface area (Å²) in [6, 6.07) is 0. The molecule has 1 rings (SSSR count). The molecule has 1 aliphatic rings. The minimum Gasteiger partial charge on any atom is -0.375 e. The van der Waals surface area contributed by atoms with E-state index in [1.165, 1.54) is 0 Å². The Morgan fingerprint density at radius 2 is 2.33 bits per heavy atom. The van der Waals surface area contributed by atoms with Crippen LogP contribution in [0.3, 0.4) is 0 Å². The number of nitrogens with one attached hydrogen (secondary N) is 1. The van der Waals surface area contributed by atoms with E-state index in [1.807, 2.05) is 5.94 Å². The molecule has 0 radical (unpaired) electrons. The van der Waals surface area contributed by atoms with Crippen LogP contribution >= 0.6 is 0 Å². The van der Waals surface area contributed by atoms with Crippen molar-refractivity contribution in [2.45, 2.75) is 32.2 Å². The van der Waals surface area contributed by atoms with Crippen LogP contribution in [-0.4, -0.2) is 11.5 Å². The molecule has 1 saturated heterocycles. The molecule has 1 aliphatic heterocycles. The largest absolute Gasteiger partial charge is 0.375 e. The summed E-state index contributed by atoms with van der Waals surface area (Å²) in [5.74, 6) is 1.88. The van der Waals surface area contributed by atoms with Crippen LogP contribution < -0.4 is 5.32 Å². The van der Waals surface area contributed by atoms with Gasteiger partial charge >= 0.3 is 0 Å². The Balaban J connectivity index is 2.68. The van der Waals surface area contributed by atoms with Gasteiger partial charge in [0.05, 0.1) is 5.70 Å². The fourth-order valence-corrected chi connectivity index (χ4v) is 1.05. The molecule has 50 valence electrons. The van der Waals surface area contributed by atoms with Gasteiger partial charge in [-0.2, -0.15) is 0 Å². The lowest BCUT2D eigenvalue weighted by molar-refractivity contribution is 0.470. The van der Waals surface area contributed by atoms with Gasteiger partial charge in [-0.15, -0.1) is 0 Å². The van der Waals surface area contributed by atoms with E-state index < -0.39 is 0 Å². The highest BCUT2D eigenvalue weighted by Gasteiger charge is 2.25. The molecule has 0 spiro atoms. The van der Waals surface area contributed by atoms with Gasteiger partial charge in [-0.25, -0.2) is 4.79 Å². The molecule has 0 aromatic rings. The predicted molar refractivity (Wildman–Crippen MR) is 35.7 cm³/mol. The summed E-state index contributed by atoms with van der Waals surface area (Å²) in [6.07, 6.45) is 1.90. The zero-order chi connectivity index (χ0) is 6.91. The molecule has 0 bridgehead atoms. The third-order valence-electron chi connectivity index (χ3n) is 1.61. The van der Waals surface area contributed by atoms with Gasteiger partial charge in [0.2, 0.25) is 0 Å². The molecule has 0 amide bonds. The van der Waals surface area contributed by atoms with Gasteiger partial charge < -0.3 is 5.32 Å². The second kappa shape index (κ2) is 1.89. The van der Waals surface area contributed by atoms with Crippen molar-refractivity contribution >= 4 is 5.94 Å². The maximum absolute atomic E-state index is 10.1. The summed E-state index contributed by atoms with van der Waals surface area (Å²) in [6.45, 7) is 4.16. The van der Waals surface area contributed by atoms with Crippen molar-refractivity contribution < 1.29 is 4.79 Å². The molecular formula is C7H11NO. The van der Waals surface area contributed by atoms with Crippen LogP contribution in [0.4, 0.5) is 0 Å². The van der Waals surface area contributed by atoms with Crippen molar-refractivity contribution in [1.29, 1.82) is 0 Å². The summed E-state index contributed by atoms with van der Waals surface area (Å²) in [5, 5.41) is 3.07. The maximum atomic E-state index is 10.1. The Bertz CT molecular complexity index is 166. The van der Waals surface area contributed by atoms with Crippen molar-refractivity contribution in [2.24, 2.45) is 0 Å². The molecule has 0 aliphatic carbocycles. The van der Waals surface area contributed by atoms with Crippen molar-refractivity contribution in [3.8, 4) is 0 Å². The topological polar surface area (TPSA) is 29.1 Å². The third-order valence-corrected chi connectivity index (χ3v) is 1.61. The first-order valence-electron chi connectivity index (χ1n) is 3.16. The molecule has 1 fully saturated rings. The second-order valence-corrected chi connectivity index (χ2v) is 3.09. The number of hydrogen-bond acceptors (Lipinski definition) is 2. The van der Waals surface area contributed by atoms with Gasteiger partial charge in [-0.05, 0) is 20.3 Å². The van der Waals surface area contributed by atoms with E-state index in [0.717, 1.165) is 18.5 Å². The van der Waals surface area contributed by atoms with Crippen molar-refractivity contribution in [3.63, 3.8) is 0 Å². The summed E-state index contributed by atoms with van der Waals surface area (Å²) in [5.41, 5.74) is 0.840. The molecule has 0 atom stereocenters. The SMILES string of the molecule is CC1(C)CCC(=C=O)N1. The van der Waals surface area contributed by atoms with Crippen molar-refractivity contribution in [1.82, 2.24) is 5.32 Å². The normalized spacial score (nSPS) is 23.1. The molecule has 1 heterocycles. The van der Waals surface area contributed by atoms with E-state index in [4.69, 9.17) is 0 Å². The Hall–Kier alpha value is -0.750. The van der Waals surface area contributed by atoms with Crippen LogP contribution in [0.5, 0.6) is 0 Å². The van der Waals surface area contributed by atoms with Crippen LogP contribution in [0.25, 0.3) is 0 Å². The molecule has 0 saturated carbocycles. The molecular weight excluding hydrogens is 114 g/mol. The van der Waals surface area contributed by atoms with Gasteiger partial charge in [0.15, 0.2) is 0 Å². The highest BCUT2D eigenvalue weighted by Crippen LogP contribution is 2.22. The smallest absolute Gasteiger partial charge is 0.145 e. The Kier molecular flexibility index (Phi) is 1.34. The lowest BCUT2D eigenvalue weighted by Gasteiger charge is -2.16. The standard InChI is InChI=1S/C7H11NO/c1-7(2)4-3-6(5-9)8-7/h8H,3-4H2,1-2H3. The molecule has 1 N–H and O–H groups in total.